The molecule has 3 aromatic rings. The highest BCUT2D eigenvalue weighted by Crippen LogP contribution is 2.44. The van der Waals surface area contributed by atoms with Gasteiger partial charge in [-0.1, -0.05) is 48.5 Å². The first-order valence-corrected chi connectivity index (χ1v) is 9.82. The van der Waals surface area contributed by atoms with E-state index in [1.807, 2.05) is 48.5 Å². The van der Waals surface area contributed by atoms with E-state index in [0.29, 0.717) is 0 Å². The van der Waals surface area contributed by atoms with Gasteiger partial charge in [0.05, 0.1) is 11.4 Å². The van der Waals surface area contributed by atoms with E-state index in [2.05, 4.69) is 10.3 Å². The van der Waals surface area contributed by atoms with E-state index in [9.17, 15) is 19.4 Å². The molecule has 5 N–H and O–H groups in total. The summed E-state index contributed by atoms with van der Waals surface area (Å²) in [4.78, 5) is 15.7. The van der Waals surface area contributed by atoms with Gasteiger partial charge in [-0.05, 0) is 34.4 Å². The molecule has 0 saturated heterocycles. The Labute approximate surface area is 178 Å². The maximum Gasteiger partial charge on any atom is 0.407 e. The standard InChI is InChI=1S/C23H22FN3O4/c24-20-10-9-18(25)21(27-20)22(29)19(28)11-26-23(30)31-12-17-15-7-3-1-5-13(15)14-6-2-4-8-16(14)17/h1-10,17,19,22,28-29H,11-12,25H2,(H,26,30). The average molecular weight is 423 g/mol. The molecule has 2 atom stereocenters. The zero-order valence-corrected chi connectivity index (χ0v) is 16.5. The van der Waals surface area contributed by atoms with E-state index in [4.69, 9.17) is 10.5 Å². The minimum Gasteiger partial charge on any atom is -0.449 e. The van der Waals surface area contributed by atoms with E-state index in [1.165, 1.54) is 6.07 Å². The highest BCUT2D eigenvalue weighted by Gasteiger charge is 2.29. The van der Waals surface area contributed by atoms with Crippen LogP contribution in [0.25, 0.3) is 11.1 Å². The van der Waals surface area contributed by atoms with Crippen LogP contribution < -0.4 is 11.1 Å². The highest BCUT2D eigenvalue weighted by molar-refractivity contribution is 5.79. The van der Waals surface area contributed by atoms with Crippen molar-refractivity contribution in [1.82, 2.24) is 10.3 Å². The molecule has 1 aromatic heterocycles. The average Bonchev–Trinajstić information content (AvgIpc) is 3.11. The number of anilines is 1. The lowest BCUT2D eigenvalue weighted by Crippen LogP contribution is -2.36. The number of amides is 1. The van der Waals surface area contributed by atoms with Crippen molar-refractivity contribution in [2.24, 2.45) is 0 Å². The van der Waals surface area contributed by atoms with Gasteiger partial charge in [0, 0.05) is 12.5 Å². The second kappa shape index (κ2) is 8.71. The predicted octanol–water partition coefficient (Wildman–Crippen LogP) is 2.74. The van der Waals surface area contributed by atoms with Crippen LogP contribution in [0.15, 0.2) is 60.7 Å². The number of hydrogen-bond acceptors (Lipinski definition) is 6. The molecule has 0 aliphatic heterocycles. The lowest BCUT2D eigenvalue weighted by Gasteiger charge is -2.19. The number of alkyl carbamates (subject to hydrolysis) is 1. The summed E-state index contributed by atoms with van der Waals surface area (Å²) < 4.78 is 18.7. The molecule has 2 unspecified atom stereocenters. The monoisotopic (exact) mass is 423 g/mol. The number of ether oxygens (including phenoxy) is 1. The van der Waals surface area contributed by atoms with Crippen LogP contribution in [0.1, 0.15) is 28.8 Å². The number of nitrogens with zero attached hydrogens (tertiary/aromatic N) is 1. The Bertz CT molecular complexity index is 1060. The predicted molar refractivity (Wildman–Crippen MR) is 113 cm³/mol. The zero-order valence-electron chi connectivity index (χ0n) is 16.5. The lowest BCUT2D eigenvalue weighted by atomic mass is 9.98. The third kappa shape index (κ3) is 4.21. The van der Waals surface area contributed by atoms with Crippen molar-refractivity contribution < 1.29 is 24.1 Å². The first-order valence-electron chi connectivity index (χ1n) is 9.82. The number of rotatable bonds is 6. The number of benzene rings is 2. The molecular weight excluding hydrogens is 401 g/mol. The zero-order chi connectivity index (χ0) is 22.0. The smallest absolute Gasteiger partial charge is 0.407 e. The largest absolute Gasteiger partial charge is 0.449 e. The van der Waals surface area contributed by atoms with Crippen molar-refractivity contribution in [2.75, 3.05) is 18.9 Å². The molecule has 8 heteroatoms. The molecular formula is C23H22FN3O4. The van der Waals surface area contributed by atoms with Gasteiger partial charge in [0.25, 0.3) is 0 Å². The van der Waals surface area contributed by atoms with E-state index in [1.54, 1.807) is 0 Å². The number of aliphatic hydroxyl groups excluding tert-OH is 2. The fraction of sp³-hybridized carbons (Fsp3) is 0.217. The van der Waals surface area contributed by atoms with Gasteiger partial charge < -0.3 is 26.0 Å². The highest BCUT2D eigenvalue weighted by atomic mass is 19.1. The second-order valence-electron chi connectivity index (χ2n) is 7.33. The number of pyridine rings is 1. The summed E-state index contributed by atoms with van der Waals surface area (Å²) in [6, 6.07) is 18.2. The van der Waals surface area contributed by atoms with Gasteiger partial charge in [-0.15, -0.1) is 0 Å². The number of nitrogens with one attached hydrogen (secondary N) is 1. The van der Waals surface area contributed by atoms with Gasteiger partial charge in [0.2, 0.25) is 5.95 Å². The van der Waals surface area contributed by atoms with Crippen LogP contribution in [0.2, 0.25) is 0 Å². The molecule has 1 aliphatic rings. The maximum absolute atomic E-state index is 13.3. The lowest BCUT2D eigenvalue weighted by molar-refractivity contribution is 0.0161. The molecule has 2 aromatic carbocycles. The van der Waals surface area contributed by atoms with E-state index >= 15 is 0 Å². The Morgan fingerprint density at radius 2 is 1.68 bits per heavy atom. The molecule has 0 radical (unpaired) electrons. The van der Waals surface area contributed by atoms with Crippen molar-refractivity contribution in [2.45, 2.75) is 18.1 Å². The Balaban J connectivity index is 1.35. The summed E-state index contributed by atoms with van der Waals surface area (Å²) in [6.45, 7) is -0.202. The third-order valence-electron chi connectivity index (χ3n) is 5.37. The maximum atomic E-state index is 13.3. The van der Waals surface area contributed by atoms with Crippen LogP contribution in [0.5, 0.6) is 0 Å². The van der Waals surface area contributed by atoms with Crippen molar-refractivity contribution in [3.05, 3.63) is 83.4 Å². The number of carbonyl (C=O) groups is 1. The minimum atomic E-state index is -1.57. The van der Waals surface area contributed by atoms with Crippen LogP contribution in [0.3, 0.4) is 0 Å². The minimum absolute atomic E-state index is 0.0362. The van der Waals surface area contributed by atoms with Crippen molar-refractivity contribution in [3.63, 3.8) is 0 Å². The van der Waals surface area contributed by atoms with Crippen LogP contribution in [-0.2, 0) is 4.74 Å². The van der Waals surface area contributed by atoms with Gasteiger partial charge in [-0.2, -0.15) is 4.39 Å². The van der Waals surface area contributed by atoms with Gasteiger partial charge in [0.15, 0.2) is 0 Å². The van der Waals surface area contributed by atoms with Crippen LogP contribution in [0, 0.1) is 5.95 Å². The van der Waals surface area contributed by atoms with Crippen LogP contribution in [0.4, 0.5) is 14.9 Å². The van der Waals surface area contributed by atoms with Gasteiger partial charge in [-0.25, -0.2) is 9.78 Å². The molecule has 1 heterocycles. The van der Waals surface area contributed by atoms with Crippen molar-refractivity contribution >= 4 is 11.8 Å². The number of halogens is 1. The summed E-state index contributed by atoms with van der Waals surface area (Å²) in [6.07, 6.45) is -3.75. The summed E-state index contributed by atoms with van der Waals surface area (Å²) in [7, 11) is 0. The number of aliphatic hydroxyl groups is 2. The molecule has 31 heavy (non-hydrogen) atoms. The first kappa shape index (κ1) is 20.8. The molecule has 0 bridgehead atoms. The van der Waals surface area contributed by atoms with E-state index in [0.717, 1.165) is 28.3 Å². The molecule has 4 rings (SSSR count). The summed E-state index contributed by atoms with van der Waals surface area (Å²) >= 11 is 0. The Hall–Kier alpha value is -3.49. The van der Waals surface area contributed by atoms with Crippen LogP contribution >= 0.6 is 0 Å². The summed E-state index contributed by atoms with van der Waals surface area (Å²) in [5, 5.41) is 22.7. The Kier molecular flexibility index (Phi) is 5.83. The number of hydrogen-bond donors (Lipinski definition) is 4. The number of nitrogens with two attached hydrogens (primary N) is 1. The fourth-order valence-electron chi connectivity index (χ4n) is 3.83. The molecule has 7 nitrogen and oxygen atoms in total. The van der Waals surface area contributed by atoms with Crippen LogP contribution in [-0.4, -0.2) is 40.5 Å². The molecule has 1 aliphatic carbocycles. The summed E-state index contributed by atoms with van der Waals surface area (Å²) in [5.41, 5.74) is 9.91. The number of fused-ring (bicyclic) bond motifs is 3. The van der Waals surface area contributed by atoms with Gasteiger partial charge in [-0.3, -0.25) is 0 Å². The van der Waals surface area contributed by atoms with Crippen molar-refractivity contribution in [1.29, 1.82) is 0 Å². The first-order chi connectivity index (χ1) is 15.0. The topological polar surface area (TPSA) is 118 Å². The number of carbonyl (C=O) groups excluding carboxylic acids is 1. The van der Waals surface area contributed by atoms with Gasteiger partial charge in [0.1, 0.15) is 18.8 Å². The number of aromatic nitrogens is 1. The Morgan fingerprint density at radius 3 is 2.32 bits per heavy atom. The van der Waals surface area contributed by atoms with Crippen molar-refractivity contribution in [3.8, 4) is 11.1 Å². The van der Waals surface area contributed by atoms with E-state index < -0.39 is 24.2 Å². The fourth-order valence-corrected chi connectivity index (χ4v) is 3.83. The molecule has 160 valence electrons. The molecule has 0 saturated carbocycles. The number of nitrogen functional groups attached to an aromatic ring is 1. The normalized spacial score (nSPS) is 14.4. The quantitative estimate of drug-likeness (QED) is 0.453. The molecule has 0 spiro atoms. The molecule has 0 fully saturated rings. The SMILES string of the molecule is Nc1ccc(F)nc1C(O)C(O)CNC(=O)OCC1c2ccccc2-c2ccccc21. The van der Waals surface area contributed by atoms with E-state index in [-0.39, 0.29) is 30.5 Å². The second-order valence-corrected chi connectivity index (χ2v) is 7.33. The van der Waals surface area contributed by atoms with Gasteiger partial charge >= 0.3 is 6.09 Å². The third-order valence-corrected chi connectivity index (χ3v) is 5.37. The summed E-state index contributed by atoms with van der Waals surface area (Å²) in [5.74, 6) is -0.926. The molecule has 1 amide bonds. The Morgan fingerprint density at radius 1 is 1.06 bits per heavy atom.